The van der Waals surface area contributed by atoms with Gasteiger partial charge in [-0.2, -0.15) is 0 Å². The molecule has 0 rings (SSSR count). The highest BCUT2D eigenvalue weighted by Crippen LogP contribution is 2.43. The second kappa shape index (κ2) is 58.0. The van der Waals surface area contributed by atoms with Crippen LogP contribution in [0.2, 0.25) is 0 Å². The number of quaternary nitrogens is 1. The molecule has 0 spiro atoms. The molecule has 0 saturated carbocycles. The van der Waals surface area contributed by atoms with E-state index >= 15 is 0 Å². The highest BCUT2D eigenvalue weighted by molar-refractivity contribution is 7.47. The van der Waals surface area contributed by atoms with Gasteiger partial charge in [0.25, 0.3) is 0 Å². The fourth-order valence-corrected chi connectivity index (χ4v) is 8.05. The van der Waals surface area contributed by atoms with Gasteiger partial charge in [-0.25, -0.2) is 4.57 Å². The highest BCUT2D eigenvalue weighted by atomic mass is 31.2. The van der Waals surface area contributed by atoms with Crippen molar-refractivity contribution < 1.29 is 42.1 Å². The molecule has 1 N–H and O–H groups in total. The minimum absolute atomic E-state index is 0.0147. The van der Waals surface area contributed by atoms with Gasteiger partial charge in [0.05, 0.1) is 27.7 Å². The summed E-state index contributed by atoms with van der Waals surface area (Å²) in [6.07, 6.45) is 88.7. The van der Waals surface area contributed by atoms with Crippen LogP contribution in [0.25, 0.3) is 0 Å². The Balaban J connectivity index is 4.20. The van der Waals surface area contributed by atoms with Gasteiger partial charge < -0.3 is 18.9 Å². The summed E-state index contributed by atoms with van der Waals surface area (Å²) in [6, 6.07) is 0. The molecule has 0 radical (unpaired) electrons. The zero-order valence-electron chi connectivity index (χ0n) is 50.3. The number of allylic oxidation sites excluding steroid dienone is 28. The fourth-order valence-electron chi connectivity index (χ4n) is 7.31. The molecule has 2 unspecified atom stereocenters. The number of carbonyl (C=O) groups is 2. The molecule has 0 aliphatic rings. The summed E-state index contributed by atoms with van der Waals surface area (Å²) < 4.78 is 34.4. The summed E-state index contributed by atoms with van der Waals surface area (Å²) in [6.45, 7) is 4.19. The maximum absolute atomic E-state index is 12.8. The Hall–Kier alpha value is -4.63. The van der Waals surface area contributed by atoms with E-state index in [0.717, 1.165) is 148 Å². The minimum Gasteiger partial charge on any atom is -0.462 e. The second-order valence-corrected chi connectivity index (χ2v) is 22.1. The summed E-state index contributed by atoms with van der Waals surface area (Å²) >= 11 is 0. The van der Waals surface area contributed by atoms with Gasteiger partial charge in [-0.1, -0.05) is 229 Å². The maximum atomic E-state index is 12.8. The number of phosphoric acid groups is 1. The molecule has 2 atom stereocenters. The molecule has 0 fully saturated rings. The van der Waals surface area contributed by atoms with Crippen LogP contribution in [0.4, 0.5) is 0 Å². The van der Waals surface area contributed by atoms with Crippen LogP contribution >= 0.6 is 7.82 Å². The van der Waals surface area contributed by atoms with Gasteiger partial charge >= 0.3 is 19.8 Å². The molecule has 0 amide bonds. The highest BCUT2D eigenvalue weighted by Gasteiger charge is 2.27. The molecular weight excluding hydrogens is 1000 g/mol. The van der Waals surface area contributed by atoms with Crippen molar-refractivity contribution in [2.45, 2.75) is 206 Å². The van der Waals surface area contributed by atoms with Crippen LogP contribution in [0.3, 0.4) is 0 Å². The SMILES string of the molecule is CC/C=C\C/C=C\C/C=C\C/C=C\C/C=C\C/C=C\C/C=C\C/C=C\C/C=C\C/C=C\C/C=C\C/C=C\CCCCCCC(=O)OC(COC(=O)CCCCCCC/C=C\C/C=C\CCCC)COP(=O)(O)OCC[N+](C)(C)C. The lowest BCUT2D eigenvalue weighted by Crippen LogP contribution is -2.37. The second-order valence-electron chi connectivity index (χ2n) is 20.6. The Labute approximate surface area is 483 Å². The van der Waals surface area contributed by atoms with Gasteiger partial charge in [-0.05, 0) is 128 Å². The number of unbranched alkanes of at least 4 members (excludes halogenated alkanes) is 11. The van der Waals surface area contributed by atoms with Crippen LogP contribution in [0.15, 0.2) is 170 Å². The number of nitrogens with zero attached hydrogens (tertiary/aromatic N) is 1. The molecule has 444 valence electrons. The van der Waals surface area contributed by atoms with Crippen molar-refractivity contribution in [1.82, 2.24) is 0 Å². The predicted molar refractivity (Wildman–Crippen MR) is 339 cm³/mol. The van der Waals surface area contributed by atoms with Crippen LogP contribution in [0, 0.1) is 0 Å². The third-order valence-electron chi connectivity index (χ3n) is 12.0. The Morgan fingerprint density at radius 1 is 0.405 bits per heavy atom. The molecule has 0 aliphatic heterocycles. The van der Waals surface area contributed by atoms with E-state index in [-0.39, 0.29) is 26.1 Å². The molecule has 0 aromatic carbocycles. The smallest absolute Gasteiger partial charge is 0.462 e. The lowest BCUT2D eigenvalue weighted by Gasteiger charge is -2.24. The molecule has 0 bridgehead atoms. The summed E-state index contributed by atoms with van der Waals surface area (Å²) in [7, 11) is 1.42. The van der Waals surface area contributed by atoms with Crippen molar-refractivity contribution in [3.8, 4) is 0 Å². The van der Waals surface area contributed by atoms with E-state index < -0.39 is 32.5 Å². The van der Waals surface area contributed by atoms with Gasteiger partial charge in [0.1, 0.15) is 19.8 Å². The Morgan fingerprint density at radius 3 is 1.08 bits per heavy atom. The van der Waals surface area contributed by atoms with E-state index in [9.17, 15) is 19.0 Å². The number of likely N-dealkylation sites (N-methyl/N-ethyl adjacent to an activating group) is 1. The number of phosphoric ester groups is 1. The summed E-state index contributed by atoms with van der Waals surface area (Å²) in [5.41, 5.74) is 0. The van der Waals surface area contributed by atoms with Gasteiger partial charge in [0.15, 0.2) is 6.10 Å². The van der Waals surface area contributed by atoms with Gasteiger partial charge in [-0.15, -0.1) is 0 Å². The van der Waals surface area contributed by atoms with E-state index in [4.69, 9.17) is 18.5 Å². The zero-order valence-corrected chi connectivity index (χ0v) is 51.2. The number of hydrogen-bond donors (Lipinski definition) is 1. The first-order chi connectivity index (χ1) is 38.5. The summed E-state index contributed by atoms with van der Waals surface area (Å²) in [5.74, 6) is -0.858. The first-order valence-electron chi connectivity index (χ1n) is 30.4. The topological polar surface area (TPSA) is 108 Å². The minimum atomic E-state index is -4.41. The molecule has 0 aliphatic carbocycles. The number of rotatable bonds is 53. The summed E-state index contributed by atoms with van der Waals surface area (Å²) in [5, 5.41) is 0. The molecule has 0 heterocycles. The molecule has 0 aromatic rings. The largest absolute Gasteiger partial charge is 0.472 e. The Morgan fingerprint density at radius 2 is 0.722 bits per heavy atom. The van der Waals surface area contributed by atoms with Gasteiger partial charge in [0.2, 0.25) is 0 Å². The van der Waals surface area contributed by atoms with E-state index in [0.29, 0.717) is 23.9 Å². The van der Waals surface area contributed by atoms with Crippen molar-refractivity contribution in [3.63, 3.8) is 0 Å². The lowest BCUT2D eigenvalue weighted by molar-refractivity contribution is -0.870. The molecule has 79 heavy (non-hydrogen) atoms. The number of esters is 2. The molecule has 9 nitrogen and oxygen atoms in total. The number of ether oxygens (including phenoxy) is 2. The molecular formula is C69H111NO8P+. The fraction of sp³-hybridized carbons (Fsp3) is 0.565. The van der Waals surface area contributed by atoms with Gasteiger partial charge in [-0.3, -0.25) is 18.6 Å². The Kier molecular flexibility index (Phi) is 54.6. The van der Waals surface area contributed by atoms with E-state index in [1.165, 1.54) is 12.8 Å². The average molecular weight is 1110 g/mol. The van der Waals surface area contributed by atoms with Crippen LogP contribution < -0.4 is 0 Å². The van der Waals surface area contributed by atoms with E-state index in [1.54, 1.807) is 0 Å². The van der Waals surface area contributed by atoms with Crippen molar-refractivity contribution in [2.24, 2.45) is 0 Å². The zero-order chi connectivity index (χ0) is 57.7. The van der Waals surface area contributed by atoms with Crippen molar-refractivity contribution in [1.29, 1.82) is 0 Å². The first kappa shape index (κ1) is 74.4. The third kappa shape index (κ3) is 62.4. The average Bonchev–Trinajstić information content (AvgIpc) is 3.41. The third-order valence-corrected chi connectivity index (χ3v) is 13.0. The molecule has 0 saturated heterocycles. The Bertz CT molecular complexity index is 1930. The van der Waals surface area contributed by atoms with Crippen LogP contribution in [0.5, 0.6) is 0 Å². The van der Waals surface area contributed by atoms with Crippen molar-refractivity contribution in [3.05, 3.63) is 170 Å². The number of carbonyl (C=O) groups excluding carboxylic acids is 2. The quantitative estimate of drug-likeness (QED) is 0.0211. The predicted octanol–water partition coefficient (Wildman–Crippen LogP) is 19.4. The van der Waals surface area contributed by atoms with Crippen molar-refractivity contribution in [2.75, 3.05) is 47.5 Å². The first-order valence-corrected chi connectivity index (χ1v) is 31.9. The van der Waals surface area contributed by atoms with Crippen molar-refractivity contribution >= 4 is 19.8 Å². The number of hydrogen-bond acceptors (Lipinski definition) is 7. The monoisotopic (exact) mass is 1110 g/mol. The molecule has 0 aromatic heterocycles. The lowest BCUT2D eigenvalue weighted by atomic mass is 10.1. The molecule has 10 heteroatoms. The van der Waals surface area contributed by atoms with Gasteiger partial charge in [0, 0.05) is 12.8 Å². The van der Waals surface area contributed by atoms with Crippen LogP contribution in [-0.4, -0.2) is 74.9 Å². The normalized spacial score (nSPS) is 14.5. The van der Waals surface area contributed by atoms with E-state index in [2.05, 4.69) is 184 Å². The van der Waals surface area contributed by atoms with Crippen LogP contribution in [0.1, 0.15) is 200 Å². The van der Waals surface area contributed by atoms with Crippen LogP contribution in [-0.2, 0) is 32.7 Å². The standard InChI is InChI=1S/C69H110NO8P/c1-6-8-10-12-14-16-18-20-22-23-24-25-26-27-28-29-30-31-32-33-34-35-36-37-38-39-40-41-42-43-44-45-46-47-48-50-52-54-56-58-60-62-69(72)78-67(66-77-79(73,74)76-64-63-70(3,4)5)65-75-68(71)61-59-57-55-53-51-49-21-19-17-15-13-11-9-7-2/h8,10,13-16,19-22,24-25,27-28,30-31,33-34,36-37,39-40,42-43,45-46,48,50,67H,6-7,9,11-12,17-18,23,26,29,32,35,38,41,44,47,49,51-66H2,1-5H3/p+1/b10-8-,15-13-,16-14-,21-19-,22-20-,25-24-,28-27-,31-30-,34-33-,37-36-,40-39-,43-42-,46-45-,50-48-. The maximum Gasteiger partial charge on any atom is 0.472 e. The summed E-state index contributed by atoms with van der Waals surface area (Å²) in [4.78, 5) is 35.6. The van der Waals surface area contributed by atoms with E-state index in [1.807, 2.05) is 21.1 Å².